The Bertz CT molecular complexity index is 1460. The van der Waals surface area contributed by atoms with Crippen LogP contribution in [0.5, 0.6) is 0 Å². The van der Waals surface area contributed by atoms with Gasteiger partial charge in [0, 0.05) is 54.7 Å². The number of carboxylic acids is 1. The Morgan fingerprint density at radius 1 is 1.00 bits per heavy atom. The van der Waals surface area contributed by atoms with Gasteiger partial charge in [-0.05, 0) is 72.5 Å². The Kier molecular flexibility index (Phi) is 8.52. The molecule has 198 valence electrons. The zero-order valence-corrected chi connectivity index (χ0v) is 22.4. The lowest BCUT2D eigenvalue weighted by molar-refractivity contribution is 0.0685. The average Bonchev–Trinajstić information content (AvgIpc) is 3.24. The first-order valence-electron chi connectivity index (χ1n) is 12.5. The van der Waals surface area contributed by atoms with Crippen LogP contribution in [0, 0.1) is 0 Å². The normalized spacial score (nSPS) is 12.9. The first-order valence-corrected chi connectivity index (χ1v) is 12.8. The molecule has 38 heavy (non-hydrogen) atoms. The van der Waals surface area contributed by atoms with Gasteiger partial charge in [0.2, 0.25) is 0 Å². The number of aromatic carboxylic acids is 1. The maximum atomic E-state index is 12.4. The van der Waals surface area contributed by atoms with Crippen LogP contribution in [-0.4, -0.2) is 58.2 Å². The minimum absolute atomic E-state index is 0.0827. The molecule has 1 aromatic heterocycles. The molecular formula is C30H32ClN3O4. The van der Waals surface area contributed by atoms with Crippen molar-refractivity contribution in [1.29, 1.82) is 0 Å². The summed E-state index contributed by atoms with van der Waals surface area (Å²) in [6, 6.07) is 22.2. The molecule has 0 saturated heterocycles. The van der Waals surface area contributed by atoms with Gasteiger partial charge in [-0.3, -0.25) is 4.79 Å². The van der Waals surface area contributed by atoms with Crippen molar-refractivity contribution in [2.75, 3.05) is 20.6 Å². The van der Waals surface area contributed by atoms with E-state index < -0.39 is 12.1 Å². The summed E-state index contributed by atoms with van der Waals surface area (Å²) in [7, 11) is 3.40. The monoisotopic (exact) mass is 533 g/mol. The molecule has 0 radical (unpaired) electrons. The molecule has 0 saturated carbocycles. The second-order valence-corrected chi connectivity index (χ2v) is 10.2. The van der Waals surface area contributed by atoms with E-state index >= 15 is 0 Å². The predicted octanol–water partition coefficient (Wildman–Crippen LogP) is 5.00. The number of fused-ring (bicyclic) bond motifs is 1. The molecule has 7 nitrogen and oxygen atoms in total. The van der Waals surface area contributed by atoms with Gasteiger partial charge in [0.05, 0.1) is 6.10 Å². The maximum absolute atomic E-state index is 12.4. The van der Waals surface area contributed by atoms with Crippen molar-refractivity contribution >= 4 is 34.4 Å². The standard InChI is InChI=1S/C30H32ClN3O4/c1-19(32-17-28(35)22-7-5-9-25(31)15-22)12-20-10-11-26-24(13-20)16-27(30(37)38)34(26)18-21-6-4-8-23(14-21)29(36)33(2)3/h4-11,13-16,19,28,32,35H,12,17-18H2,1-3H3,(H,37,38). The van der Waals surface area contributed by atoms with Gasteiger partial charge < -0.3 is 25.0 Å². The summed E-state index contributed by atoms with van der Waals surface area (Å²) in [6.45, 7) is 2.77. The number of carbonyl (C=O) groups excluding carboxylic acids is 1. The Labute approximate surface area is 227 Å². The molecule has 0 bridgehead atoms. The van der Waals surface area contributed by atoms with Crippen molar-refractivity contribution in [3.05, 3.63) is 106 Å². The van der Waals surface area contributed by atoms with E-state index in [9.17, 15) is 19.8 Å². The third-order valence-electron chi connectivity index (χ3n) is 6.54. The molecule has 4 rings (SSSR count). The smallest absolute Gasteiger partial charge is 0.352 e. The molecule has 1 amide bonds. The van der Waals surface area contributed by atoms with Crippen molar-refractivity contribution in [3.8, 4) is 0 Å². The summed E-state index contributed by atoms with van der Waals surface area (Å²) in [5, 5.41) is 25.2. The van der Waals surface area contributed by atoms with Crippen molar-refractivity contribution in [1.82, 2.24) is 14.8 Å². The number of hydrogen-bond donors (Lipinski definition) is 3. The Balaban J connectivity index is 1.50. The Hall–Kier alpha value is -3.65. The Morgan fingerprint density at radius 2 is 1.76 bits per heavy atom. The summed E-state index contributed by atoms with van der Waals surface area (Å²) in [6.07, 6.45) is 0.0397. The highest BCUT2D eigenvalue weighted by molar-refractivity contribution is 6.30. The number of nitrogens with zero attached hydrogens (tertiary/aromatic N) is 2. The van der Waals surface area contributed by atoms with E-state index in [1.54, 1.807) is 49.0 Å². The zero-order chi connectivity index (χ0) is 27.4. The fourth-order valence-corrected chi connectivity index (χ4v) is 4.81. The highest BCUT2D eigenvalue weighted by Crippen LogP contribution is 2.24. The molecule has 1 heterocycles. The predicted molar refractivity (Wildman–Crippen MR) is 150 cm³/mol. The van der Waals surface area contributed by atoms with Gasteiger partial charge in [0.1, 0.15) is 5.69 Å². The topological polar surface area (TPSA) is 94.8 Å². The van der Waals surface area contributed by atoms with Gasteiger partial charge in [-0.15, -0.1) is 0 Å². The van der Waals surface area contributed by atoms with Gasteiger partial charge in [0.15, 0.2) is 0 Å². The van der Waals surface area contributed by atoms with E-state index in [-0.39, 0.29) is 17.6 Å². The van der Waals surface area contributed by atoms with E-state index in [0.29, 0.717) is 30.1 Å². The minimum Gasteiger partial charge on any atom is -0.477 e. The van der Waals surface area contributed by atoms with Gasteiger partial charge in [-0.25, -0.2) is 4.79 Å². The SMILES string of the molecule is CC(Cc1ccc2c(c1)cc(C(=O)O)n2Cc1cccc(C(=O)N(C)C)c1)NCC(O)c1cccc(Cl)c1. The van der Waals surface area contributed by atoms with E-state index in [0.717, 1.165) is 27.6 Å². The molecule has 0 spiro atoms. The molecular weight excluding hydrogens is 502 g/mol. The van der Waals surface area contributed by atoms with E-state index in [1.165, 1.54) is 4.90 Å². The number of rotatable bonds is 10. The zero-order valence-electron chi connectivity index (χ0n) is 21.7. The summed E-state index contributed by atoms with van der Waals surface area (Å²) < 4.78 is 1.77. The third kappa shape index (κ3) is 6.42. The van der Waals surface area contributed by atoms with Gasteiger partial charge in [-0.2, -0.15) is 0 Å². The molecule has 0 aliphatic rings. The highest BCUT2D eigenvalue weighted by Gasteiger charge is 2.17. The van der Waals surface area contributed by atoms with Crippen LogP contribution in [0.2, 0.25) is 5.02 Å². The number of aromatic nitrogens is 1. The number of benzene rings is 3. The van der Waals surface area contributed by atoms with Crippen LogP contribution in [0.1, 0.15) is 50.6 Å². The number of hydrogen-bond acceptors (Lipinski definition) is 4. The van der Waals surface area contributed by atoms with Crippen LogP contribution in [0.4, 0.5) is 0 Å². The van der Waals surface area contributed by atoms with Crippen molar-refractivity contribution in [2.24, 2.45) is 0 Å². The molecule has 3 N–H and O–H groups in total. The van der Waals surface area contributed by atoms with Gasteiger partial charge >= 0.3 is 5.97 Å². The van der Waals surface area contributed by atoms with Crippen molar-refractivity contribution < 1.29 is 19.8 Å². The average molecular weight is 534 g/mol. The van der Waals surface area contributed by atoms with Crippen LogP contribution >= 0.6 is 11.6 Å². The van der Waals surface area contributed by atoms with E-state index in [2.05, 4.69) is 5.32 Å². The summed E-state index contributed by atoms with van der Waals surface area (Å²) in [5.74, 6) is -1.11. The summed E-state index contributed by atoms with van der Waals surface area (Å²) in [5.41, 5.74) is 4.23. The number of aliphatic hydroxyl groups is 1. The van der Waals surface area contributed by atoms with Crippen LogP contribution < -0.4 is 5.32 Å². The molecule has 4 aromatic rings. The highest BCUT2D eigenvalue weighted by atomic mass is 35.5. The van der Waals surface area contributed by atoms with Crippen molar-refractivity contribution in [3.63, 3.8) is 0 Å². The second-order valence-electron chi connectivity index (χ2n) is 9.80. The first-order chi connectivity index (χ1) is 18.1. The van der Waals surface area contributed by atoms with Crippen molar-refractivity contribution in [2.45, 2.75) is 32.0 Å². The van der Waals surface area contributed by atoms with Gasteiger partial charge in [0.25, 0.3) is 5.91 Å². The number of aliphatic hydroxyl groups excluding tert-OH is 1. The molecule has 2 atom stereocenters. The van der Waals surface area contributed by atoms with Gasteiger partial charge in [-0.1, -0.05) is 41.9 Å². The number of carboxylic acid groups (broad SMARTS) is 1. The van der Waals surface area contributed by atoms with Crippen LogP contribution in [0.15, 0.2) is 72.8 Å². The minimum atomic E-state index is -1.01. The molecule has 0 fully saturated rings. The second kappa shape index (κ2) is 11.8. The fourth-order valence-electron chi connectivity index (χ4n) is 4.61. The summed E-state index contributed by atoms with van der Waals surface area (Å²) >= 11 is 6.03. The van der Waals surface area contributed by atoms with Crippen LogP contribution in [0.3, 0.4) is 0 Å². The number of nitrogens with one attached hydrogen (secondary N) is 1. The Morgan fingerprint density at radius 3 is 2.47 bits per heavy atom. The molecule has 8 heteroatoms. The number of amides is 1. The number of carbonyl (C=O) groups is 2. The van der Waals surface area contributed by atoms with Crippen LogP contribution in [0.25, 0.3) is 10.9 Å². The van der Waals surface area contributed by atoms with Crippen LogP contribution in [-0.2, 0) is 13.0 Å². The molecule has 0 aliphatic carbocycles. The molecule has 0 aliphatic heterocycles. The van der Waals surface area contributed by atoms with E-state index in [4.69, 9.17) is 11.6 Å². The lowest BCUT2D eigenvalue weighted by Crippen LogP contribution is -2.32. The number of halogens is 1. The lowest BCUT2D eigenvalue weighted by Gasteiger charge is -2.18. The summed E-state index contributed by atoms with van der Waals surface area (Å²) in [4.78, 5) is 26.0. The lowest BCUT2D eigenvalue weighted by atomic mass is 10.0. The quantitative estimate of drug-likeness (QED) is 0.267. The molecule has 2 unspecified atom stereocenters. The maximum Gasteiger partial charge on any atom is 0.352 e. The third-order valence-corrected chi connectivity index (χ3v) is 6.78. The van der Waals surface area contributed by atoms with E-state index in [1.807, 2.05) is 49.4 Å². The fraction of sp³-hybridized carbons (Fsp3) is 0.267. The largest absolute Gasteiger partial charge is 0.477 e. The molecule has 3 aromatic carbocycles. The first kappa shape index (κ1) is 27.4.